The molecule has 4 rings (SSSR count). The maximum atomic E-state index is 13.5. The number of nitrogens with zero attached hydrogens (tertiary/aromatic N) is 3. The van der Waals surface area contributed by atoms with E-state index in [4.69, 9.17) is 14.2 Å². The molecule has 8 atom stereocenters. The lowest BCUT2D eigenvalue weighted by atomic mass is 9.87. The molecule has 3 heterocycles. The van der Waals surface area contributed by atoms with Gasteiger partial charge < -0.3 is 39.3 Å². The van der Waals surface area contributed by atoms with E-state index in [1.807, 2.05) is 52.0 Å². The maximum absolute atomic E-state index is 13.5. The van der Waals surface area contributed by atoms with Crippen molar-refractivity contribution < 1.29 is 43.9 Å². The Morgan fingerprint density at radius 1 is 0.980 bits per heavy atom. The number of aliphatic hydroxyl groups excluding tert-OH is 2. The van der Waals surface area contributed by atoms with Crippen LogP contribution in [0.25, 0.3) is 0 Å². The van der Waals surface area contributed by atoms with E-state index in [1.54, 1.807) is 17.9 Å². The van der Waals surface area contributed by atoms with E-state index >= 15 is 0 Å². The number of β-amino-alcohol motifs (C(OH)–C–C–N with tert-alkyl or cyclic N) is 2. The first-order chi connectivity index (χ1) is 24.2. The van der Waals surface area contributed by atoms with Crippen LogP contribution >= 0.6 is 0 Å². The zero-order valence-corrected chi connectivity index (χ0v) is 31.5. The van der Waals surface area contributed by atoms with Crippen molar-refractivity contribution in [2.24, 2.45) is 17.8 Å². The van der Waals surface area contributed by atoms with Crippen LogP contribution in [0.5, 0.6) is 0 Å². The van der Waals surface area contributed by atoms with Gasteiger partial charge in [0, 0.05) is 50.5 Å². The molecule has 0 aromatic rings. The van der Waals surface area contributed by atoms with Crippen molar-refractivity contribution in [3.8, 4) is 0 Å². The molecular formula is C39H63N3O9. The number of allylic oxidation sites excluding steroid dienone is 2. The molecule has 0 aromatic heterocycles. The van der Waals surface area contributed by atoms with Crippen molar-refractivity contribution in [3.05, 3.63) is 36.0 Å². The molecule has 3 N–H and O–H groups in total. The molecule has 0 radical (unpaired) electrons. The molecule has 0 spiro atoms. The van der Waals surface area contributed by atoms with Gasteiger partial charge in [-0.25, -0.2) is 9.59 Å². The van der Waals surface area contributed by atoms with Crippen LogP contribution in [-0.2, 0) is 19.0 Å². The number of cyclic esters (lactones) is 1. The fraction of sp³-hybridized carbons (Fsp3) is 0.769. The third-order valence-electron chi connectivity index (χ3n) is 11.0. The van der Waals surface area contributed by atoms with Crippen molar-refractivity contribution >= 4 is 18.2 Å². The molecule has 0 aromatic carbocycles. The number of rotatable bonds is 7. The topological polar surface area (TPSA) is 149 Å². The summed E-state index contributed by atoms with van der Waals surface area (Å²) in [5.41, 5.74) is -0.528. The SMILES string of the molecule is C/C(=C\C=C\[C@@H](C)COC(=O)N1C[C@H](O)[C@@H](O)C1)[C@H]1OC(=O)C[C@H](C)CC[C@@](C)(O)[C@@H](OC(=O)N2CCN(C3CCCCCC3)CC2)/C=C/[C@@H]1C. The molecule has 3 fully saturated rings. The second-order valence-electron chi connectivity index (χ2n) is 15.7. The number of amides is 2. The number of carbonyl (C=O) groups is 3. The maximum Gasteiger partial charge on any atom is 0.410 e. The number of hydrogen-bond donors (Lipinski definition) is 3. The lowest BCUT2D eigenvalue weighted by molar-refractivity contribution is -0.150. The molecule has 4 aliphatic rings. The van der Waals surface area contributed by atoms with Crippen LogP contribution in [0.4, 0.5) is 9.59 Å². The first kappa shape index (κ1) is 40.8. The number of likely N-dealkylation sites (tertiary alicyclic amines) is 1. The number of carbonyl (C=O) groups excluding carboxylic acids is 3. The molecule has 12 nitrogen and oxygen atoms in total. The van der Waals surface area contributed by atoms with Crippen molar-refractivity contribution in [2.45, 2.75) is 128 Å². The molecule has 1 aliphatic carbocycles. The summed E-state index contributed by atoms with van der Waals surface area (Å²) in [5, 5.41) is 31.0. The Balaban J connectivity index is 1.39. The average molecular weight is 718 g/mol. The van der Waals surface area contributed by atoms with E-state index in [0.717, 1.165) is 18.7 Å². The van der Waals surface area contributed by atoms with E-state index in [1.165, 1.54) is 43.4 Å². The standard InChI is InChI=1S/C39H63N3O9/c1-27-17-18-39(5,48)34(50-38(47)41-21-19-40(20-22-41)31-13-8-6-7-9-14-31)16-15-30(4)36(51-35(45)23-27)29(3)12-10-11-28(2)26-49-37(46)42-24-32(43)33(44)25-42/h10-12,15-16,27-28,30-34,36,43-44,48H,6-9,13-14,17-26H2,1-5H3/b11-10+,16-15+,29-12+/t27-,28-,30+,32+,33+,34+,36-,39-/m1/s1. The van der Waals surface area contributed by atoms with Crippen LogP contribution in [0.15, 0.2) is 36.0 Å². The Bertz CT molecular complexity index is 1230. The van der Waals surface area contributed by atoms with Crippen molar-refractivity contribution in [1.82, 2.24) is 14.7 Å². The van der Waals surface area contributed by atoms with Crippen LogP contribution in [-0.4, -0.2) is 130 Å². The second-order valence-corrected chi connectivity index (χ2v) is 15.7. The normalized spacial score (nSPS) is 33.9. The van der Waals surface area contributed by atoms with Gasteiger partial charge in [-0.1, -0.05) is 70.8 Å². The van der Waals surface area contributed by atoms with Gasteiger partial charge in [0.25, 0.3) is 0 Å². The number of piperazine rings is 1. The quantitative estimate of drug-likeness (QED) is 0.110. The van der Waals surface area contributed by atoms with Crippen LogP contribution in [0.2, 0.25) is 0 Å². The summed E-state index contributed by atoms with van der Waals surface area (Å²) in [6.45, 7) is 12.4. The minimum absolute atomic E-state index is 0.0377. The second kappa shape index (κ2) is 19.2. The third-order valence-corrected chi connectivity index (χ3v) is 11.0. The van der Waals surface area contributed by atoms with Crippen LogP contribution in [0.3, 0.4) is 0 Å². The highest BCUT2D eigenvalue weighted by atomic mass is 16.6. The highest BCUT2D eigenvalue weighted by Gasteiger charge is 2.37. The van der Waals surface area contributed by atoms with Crippen molar-refractivity contribution in [3.63, 3.8) is 0 Å². The first-order valence-corrected chi connectivity index (χ1v) is 19.2. The van der Waals surface area contributed by atoms with Gasteiger partial charge in [0.15, 0.2) is 6.10 Å². The molecule has 288 valence electrons. The van der Waals surface area contributed by atoms with Crippen molar-refractivity contribution in [1.29, 1.82) is 0 Å². The number of hydrogen-bond acceptors (Lipinski definition) is 10. The summed E-state index contributed by atoms with van der Waals surface area (Å²) in [7, 11) is 0. The lowest BCUT2D eigenvalue weighted by Gasteiger charge is -2.40. The Labute approximate surface area is 304 Å². The highest BCUT2D eigenvalue weighted by Crippen LogP contribution is 2.29. The zero-order valence-electron chi connectivity index (χ0n) is 31.5. The summed E-state index contributed by atoms with van der Waals surface area (Å²) in [5.74, 6) is -0.771. The van der Waals surface area contributed by atoms with E-state index in [2.05, 4.69) is 4.90 Å². The zero-order chi connectivity index (χ0) is 37.1. The molecule has 2 amide bonds. The van der Waals surface area contributed by atoms with Crippen LogP contribution in [0.1, 0.15) is 92.4 Å². The van der Waals surface area contributed by atoms with Gasteiger partial charge in [-0.2, -0.15) is 0 Å². The third kappa shape index (κ3) is 12.3. The molecular weight excluding hydrogens is 654 g/mol. The van der Waals surface area contributed by atoms with Gasteiger partial charge in [0.05, 0.1) is 31.9 Å². The Morgan fingerprint density at radius 3 is 2.27 bits per heavy atom. The van der Waals surface area contributed by atoms with Gasteiger partial charge in [0.2, 0.25) is 0 Å². The Kier molecular flexibility index (Phi) is 15.4. The molecule has 0 bridgehead atoms. The molecule has 12 heteroatoms. The summed E-state index contributed by atoms with van der Waals surface area (Å²) < 4.78 is 17.4. The van der Waals surface area contributed by atoms with Gasteiger partial charge >= 0.3 is 18.2 Å². The van der Waals surface area contributed by atoms with Gasteiger partial charge in [0.1, 0.15) is 11.7 Å². The number of ether oxygens (including phenoxy) is 3. The van der Waals surface area contributed by atoms with Gasteiger partial charge in [-0.15, -0.1) is 0 Å². The average Bonchev–Trinajstić information content (AvgIpc) is 3.25. The largest absolute Gasteiger partial charge is 0.457 e. The van der Waals surface area contributed by atoms with Crippen LogP contribution in [0, 0.1) is 17.8 Å². The summed E-state index contributed by atoms with van der Waals surface area (Å²) >= 11 is 0. The van der Waals surface area contributed by atoms with E-state index in [0.29, 0.717) is 32.0 Å². The molecule has 0 unspecified atom stereocenters. The van der Waals surface area contributed by atoms with Crippen LogP contribution < -0.4 is 0 Å². The fourth-order valence-corrected chi connectivity index (χ4v) is 7.46. The van der Waals surface area contributed by atoms with E-state index in [-0.39, 0.29) is 49.8 Å². The van der Waals surface area contributed by atoms with Gasteiger partial charge in [-0.3, -0.25) is 9.69 Å². The minimum atomic E-state index is -1.33. The highest BCUT2D eigenvalue weighted by molar-refractivity contribution is 5.70. The fourth-order valence-electron chi connectivity index (χ4n) is 7.46. The monoisotopic (exact) mass is 717 g/mol. The Hall–Kier alpha value is -2.93. The molecule has 51 heavy (non-hydrogen) atoms. The molecule has 1 saturated carbocycles. The smallest absolute Gasteiger partial charge is 0.410 e. The molecule has 2 saturated heterocycles. The predicted octanol–water partition coefficient (Wildman–Crippen LogP) is 4.82. The first-order valence-electron chi connectivity index (χ1n) is 19.2. The summed E-state index contributed by atoms with van der Waals surface area (Å²) in [4.78, 5) is 44.4. The predicted molar refractivity (Wildman–Crippen MR) is 194 cm³/mol. The number of aliphatic hydroxyl groups is 3. The Morgan fingerprint density at radius 2 is 1.63 bits per heavy atom. The summed E-state index contributed by atoms with van der Waals surface area (Å²) in [6.07, 6.45) is 13.5. The summed E-state index contributed by atoms with van der Waals surface area (Å²) in [6, 6.07) is 0.597. The minimum Gasteiger partial charge on any atom is -0.457 e. The van der Waals surface area contributed by atoms with E-state index < -0.39 is 42.2 Å². The molecule has 3 aliphatic heterocycles. The van der Waals surface area contributed by atoms with Gasteiger partial charge in [-0.05, 0) is 57.1 Å². The number of esters is 1. The lowest BCUT2D eigenvalue weighted by Crippen LogP contribution is -2.53. The van der Waals surface area contributed by atoms with Crippen molar-refractivity contribution in [2.75, 3.05) is 45.9 Å². The van der Waals surface area contributed by atoms with E-state index in [9.17, 15) is 29.7 Å².